The van der Waals surface area contributed by atoms with Gasteiger partial charge in [0, 0.05) is 32.7 Å². The van der Waals surface area contributed by atoms with Gasteiger partial charge in [-0.3, -0.25) is 9.69 Å². The lowest BCUT2D eigenvalue weighted by molar-refractivity contribution is -0.389. The molecule has 0 unspecified atom stereocenters. The van der Waals surface area contributed by atoms with Gasteiger partial charge < -0.3 is 15.0 Å². The van der Waals surface area contributed by atoms with Crippen molar-refractivity contribution in [3.8, 4) is 0 Å². The molecule has 1 aliphatic heterocycles. The largest absolute Gasteiger partial charge is 0.390 e. The lowest BCUT2D eigenvalue weighted by Crippen LogP contribution is -2.49. The highest BCUT2D eigenvalue weighted by Crippen LogP contribution is 2.23. The topological polar surface area (TPSA) is 84.5 Å². The lowest BCUT2D eigenvalue weighted by Gasteiger charge is -2.34. The van der Waals surface area contributed by atoms with E-state index in [1.165, 1.54) is 10.7 Å². The Kier molecular flexibility index (Phi) is 5.98. The third-order valence-electron chi connectivity index (χ3n) is 4.56. The summed E-state index contributed by atoms with van der Waals surface area (Å²) in [5.41, 5.74) is 1.66. The first kappa shape index (κ1) is 19.6. The van der Waals surface area contributed by atoms with E-state index in [4.69, 9.17) is 23.2 Å². The molecule has 0 N–H and O–H groups in total. The van der Waals surface area contributed by atoms with Crippen molar-refractivity contribution in [2.75, 3.05) is 26.2 Å². The van der Waals surface area contributed by atoms with Crippen molar-refractivity contribution >= 4 is 34.9 Å². The quantitative estimate of drug-likeness (QED) is 0.557. The monoisotopic (exact) mass is 411 g/mol. The Morgan fingerprint density at radius 2 is 1.89 bits per heavy atom. The molecule has 8 nitrogen and oxygen atoms in total. The molecule has 1 aromatic heterocycles. The van der Waals surface area contributed by atoms with Gasteiger partial charge in [-0.2, -0.15) is 4.68 Å². The summed E-state index contributed by atoms with van der Waals surface area (Å²) in [5.74, 6) is -0.336. The Balaban J connectivity index is 1.53. The van der Waals surface area contributed by atoms with Crippen LogP contribution in [0.3, 0.4) is 0 Å². The summed E-state index contributed by atoms with van der Waals surface area (Å²) < 4.78 is 1.38. The van der Waals surface area contributed by atoms with Gasteiger partial charge in [0.15, 0.2) is 0 Å². The number of aromatic nitrogens is 2. The molecule has 0 aliphatic carbocycles. The highest BCUT2D eigenvalue weighted by Gasteiger charge is 2.24. The van der Waals surface area contributed by atoms with Crippen LogP contribution in [0.4, 0.5) is 5.82 Å². The minimum absolute atomic E-state index is 0.00641. The van der Waals surface area contributed by atoms with E-state index in [1.807, 2.05) is 12.1 Å². The number of rotatable bonds is 5. The molecule has 10 heteroatoms. The second-order valence-corrected chi connectivity index (χ2v) is 7.28. The van der Waals surface area contributed by atoms with Gasteiger partial charge in [-0.1, -0.05) is 29.3 Å². The molecule has 3 rings (SSSR count). The van der Waals surface area contributed by atoms with E-state index in [-0.39, 0.29) is 18.3 Å². The highest BCUT2D eigenvalue weighted by molar-refractivity contribution is 6.42. The fourth-order valence-corrected chi connectivity index (χ4v) is 3.34. The third kappa shape index (κ3) is 4.77. The predicted octanol–water partition coefficient (Wildman–Crippen LogP) is 2.75. The number of amides is 1. The first-order chi connectivity index (χ1) is 12.8. The van der Waals surface area contributed by atoms with Gasteiger partial charge in [0.1, 0.15) is 6.54 Å². The molecule has 1 aromatic carbocycles. The molecule has 0 atom stereocenters. The van der Waals surface area contributed by atoms with E-state index in [9.17, 15) is 14.9 Å². The standard InChI is InChI=1S/C17H19Cl2N5O3/c1-12-8-16(24(26)27)20-23(12)11-17(25)22-6-4-21(5-7-22)10-13-2-3-14(18)15(19)9-13/h2-3,8-9H,4-7,10-11H2,1H3. The van der Waals surface area contributed by atoms with Crippen LogP contribution in [0.2, 0.25) is 10.0 Å². The van der Waals surface area contributed by atoms with Crippen LogP contribution in [-0.2, 0) is 17.9 Å². The van der Waals surface area contributed by atoms with E-state index in [0.29, 0.717) is 28.8 Å². The molecule has 0 bridgehead atoms. The Morgan fingerprint density at radius 3 is 2.48 bits per heavy atom. The number of carbonyl (C=O) groups is 1. The van der Waals surface area contributed by atoms with Crippen LogP contribution in [0.25, 0.3) is 0 Å². The van der Waals surface area contributed by atoms with Crippen LogP contribution < -0.4 is 0 Å². The van der Waals surface area contributed by atoms with E-state index < -0.39 is 4.92 Å². The second kappa shape index (κ2) is 8.24. The minimum atomic E-state index is -0.560. The predicted molar refractivity (Wildman–Crippen MR) is 102 cm³/mol. The first-order valence-corrected chi connectivity index (χ1v) is 9.22. The van der Waals surface area contributed by atoms with Crippen LogP contribution in [0, 0.1) is 17.0 Å². The zero-order chi connectivity index (χ0) is 19.6. The van der Waals surface area contributed by atoms with Crippen molar-refractivity contribution in [1.29, 1.82) is 0 Å². The maximum absolute atomic E-state index is 12.5. The molecule has 0 saturated carbocycles. The highest BCUT2D eigenvalue weighted by atomic mass is 35.5. The molecule has 2 heterocycles. The van der Waals surface area contributed by atoms with Crippen molar-refractivity contribution in [2.24, 2.45) is 0 Å². The van der Waals surface area contributed by atoms with E-state index in [2.05, 4.69) is 10.00 Å². The summed E-state index contributed by atoms with van der Waals surface area (Å²) in [7, 11) is 0. The second-order valence-electron chi connectivity index (χ2n) is 6.46. The van der Waals surface area contributed by atoms with Gasteiger partial charge in [0.25, 0.3) is 0 Å². The molecular weight excluding hydrogens is 393 g/mol. The van der Waals surface area contributed by atoms with Crippen molar-refractivity contribution in [3.05, 3.63) is 55.7 Å². The van der Waals surface area contributed by atoms with Gasteiger partial charge in [-0.25, -0.2) is 0 Å². The molecule has 1 saturated heterocycles. The molecule has 0 spiro atoms. The number of carbonyl (C=O) groups excluding carboxylic acids is 1. The number of piperazine rings is 1. The summed E-state index contributed by atoms with van der Waals surface area (Å²) in [4.78, 5) is 26.7. The molecular formula is C17H19Cl2N5O3. The summed E-state index contributed by atoms with van der Waals surface area (Å²) in [6.45, 7) is 5.12. The fourth-order valence-electron chi connectivity index (χ4n) is 3.02. The molecule has 0 radical (unpaired) electrons. The average Bonchev–Trinajstić information content (AvgIpc) is 3.00. The van der Waals surface area contributed by atoms with Gasteiger partial charge in [0.2, 0.25) is 5.91 Å². The Bertz CT molecular complexity index is 862. The van der Waals surface area contributed by atoms with E-state index >= 15 is 0 Å². The molecule has 1 amide bonds. The molecule has 144 valence electrons. The average molecular weight is 412 g/mol. The van der Waals surface area contributed by atoms with Gasteiger partial charge >= 0.3 is 5.82 Å². The Labute approximate surface area is 166 Å². The van der Waals surface area contributed by atoms with E-state index in [0.717, 1.165) is 25.2 Å². The summed E-state index contributed by atoms with van der Waals surface area (Å²) >= 11 is 12.0. The van der Waals surface area contributed by atoms with Crippen LogP contribution >= 0.6 is 23.2 Å². The van der Waals surface area contributed by atoms with Crippen LogP contribution in [0.15, 0.2) is 24.3 Å². The van der Waals surface area contributed by atoms with Crippen LogP contribution in [0.5, 0.6) is 0 Å². The normalized spacial score (nSPS) is 15.1. The van der Waals surface area contributed by atoms with Gasteiger partial charge in [-0.05, 0) is 29.5 Å². The molecule has 1 aliphatic rings. The number of aryl methyl sites for hydroxylation is 1. The van der Waals surface area contributed by atoms with Gasteiger partial charge in [0.05, 0.1) is 26.9 Å². The van der Waals surface area contributed by atoms with Crippen molar-refractivity contribution in [1.82, 2.24) is 19.6 Å². The fraction of sp³-hybridized carbons (Fsp3) is 0.412. The SMILES string of the molecule is Cc1cc([N+](=O)[O-])nn1CC(=O)N1CCN(Cc2ccc(Cl)c(Cl)c2)CC1. The zero-order valence-electron chi connectivity index (χ0n) is 14.8. The molecule has 1 fully saturated rings. The van der Waals surface area contributed by atoms with Crippen LogP contribution in [0.1, 0.15) is 11.3 Å². The lowest BCUT2D eigenvalue weighted by atomic mass is 10.2. The Morgan fingerprint density at radius 1 is 1.19 bits per heavy atom. The van der Waals surface area contributed by atoms with E-state index in [1.54, 1.807) is 17.9 Å². The number of hydrogen-bond donors (Lipinski definition) is 0. The minimum Gasteiger partial charge on any atom is -0.358 e. The van der Waals surface area contributed by atoms with Crippen molar-refractivity contribution in [3.63, 3.8) is 0 Å². The third-order valence-corrected chi connectivity index (χ3v) is 5.29. The summed E-state index contributed by atoms with van der Waals surface area (Å²) in [6.07, 6.45) is 0. The summed E-state index contributed by atoms with van der Waals surface area (Å²) in [6, 6.07) is 6.95. The number of nitro groups is 1. The van der Waals surface area contributed by atoms with Crippen molar-refractivity contribution < 1.29 is 9.72 Å². The number of benzene rings is 1. The Hall–Kier alpha value is -2.16. The maximum atomic E-state index is 12.5. The molecule has 27 heavy (non-hydrogen) atoms. The van der Waals surface area contributed by atoms with Gasteiger partial charge in [-0.15, -0.1) is 0 Å². The number of halogens is 2. The van der Waals surface area contributed by atoms with Crippen LogP contribution in [-0.4, -0.2) is 56.6 Å². The number of nitrogens with zero attached hydrogens (tertiary/aromatic N) is 5. The zero-order valence-corrected chi connectivity index (χ0v) is 16.3. The van der Waals surface area contributed by atoms with Crippen molar-refractivity contribution in [2.45, 2.75) is 20.0 Å². The number of hydrogen-bond acceptors (Lipinski definition) is 5. The maximum Gasteiger partial charge on any atom is 0.390 e. The molecule has 2 aromatic rings. The first-order valence-electron chi connectivity index (χ1n) is 8.46. The summed E-state index contributed by atoms with van der Waals surface area (Å²) in [5, 5.41) is 15.7. The smallest absolute Gasteiger partial charge is 0.358 e.